The van der Waals surface area contributed by atoms with Gasteiger partial charge in [-0.1, -0.05) is 48.9 Å². The third-order valence-corrected chi connectivity index (χ3v) is 5.70. The maximum Gasteiger partial charge on any atom is 0.340 e. The van der Waals surface area contributed by atoms with Gasteiger partial charge in [0.05, 0.1) is 0 Å². The third-order valence-electron chi connectivity index (χ3n) is 4.68. The molecule has 0 bridgehead atoms. The van der Waals surface area contributed by atoms with E-state index in [9.17, 15) is 4.79 Å². The summed E-state index contributed by atoms with van der Waals surface area (Å²) < 4.78 is 10.8. The van der Waals surface area contributed by atoms with Crippen molar-refractivity contribution in [1.29, 1.82) is 0 Å². The lowest BCUT2D eigenvalue weighted by molar-refractivity contribution is -0.144. The largest absolute Gasteiger partial charge is 0.425 e. The van der Waals surface area contributed by atoms with Crippen LogP contribution in [-0.4, -0.2) is 28.9 Å². The van der Waals surface area contributed by atoms with Crippen LogP contribution in [-0.2, 0) is 16.0 Å². The summed E-state index contributed by atoms with van der Waals surface area (Å²) in [5, 5.41) is 10.4. The van der Waals surface area contributed by atoms with Crippen molar-refractivity contribution < 1.29 is 14.3 Å². The highest BCUT2D eigenvalue weighted by Gasteiger charge is 2.25. The fourth-order valence-electron chi connectivity index (χ4n) is 3.17. The molecule has 0 amide bonds. The van der Waals surface area contributed by atoms with Crippen LogP contribution in [0.25, 0.3) is 21.1 Å². The Labute approximate surface area is 168 Å². The Bertz CT molecular complexity index is 929. The Morgan fingerprint density at radius 1 is 1.07 bits per heavy atom. The molecule has 1 atom stereocenters. The number of carbonyl (C=O) groups is 1. The van der Waals surface area contributed by atoms with E-state index in [1.54, 1.807) is 23.5 Å². The van der Waals surface area contributed by atoms with Gasteiger partial charge in [0.2, 0.25) is 0 Å². The van der Waals surface area contributed by atoms with E-state index < -0.39 is 6.10 Å². The van der Waals surface area contributed by atoms with Crippen LogP contribution in [0.4, 0.5) is 0 Å². The molecule has 1 unspecified atom stereocenters. The highest BCUT2D eigenvalue weighted by Crippen LogP contribution is 2.31. The van der Waals surface area contributed by atoms with Crippen molar-refractivity contribution in [2.24, 2.45) is 0 Å². The predicted molar refractivity (Wildman–Crippen MR) is 109 cm³/mol. The second-order valence-electron chi connectivity index (χ2n) is 6.81. The smallest absolute Gasteiger partial charge is 0.340 e. The molecule has 0 aliphatic carbocycles. The zero-order chi connectivity index (χ0) is 19.3. The van der Waals surface area contributed by atoms with Crippen molar-refractivity contribution in [1.82, 2.24) is 10.2 Å². The molecule has 2 aromatic carbocycles. The van der Waals surface area contributed by atoms with Gasteiger partial charge in [-0.05, 0) is 49.1 Å². The van der Waals surface area contributed by atoms with Gasteiger partial charge in [-0.3, -0.25) is 0 Å². The Morgan fingerprint density at radius 3 is 2.29 bits per heavy atom. The van der Waals surface area contributed by atoms with Crippen LogP contribution >= 0.6 is 11.3 Å². The van der Waals surface area contributed by atoms with Gasteiger partial charge in [0.15, 0.2) is 6.10 Å². The van der Waals surface area contributed by atoms with E-state index in [0.29, 0.717) is 12.4 Å². The van der Waals surface area contributed by atoms with Crippen LogP contribution in [0.1, 0.15) is 31.7 Å². The molecule has 5 nitrogen and oxygen atoms in total. The molecule has 1 aliphatic heterocycles. The summed E-state index contributed by atoms with van der Waals surface area (Å²) in [6, 6.07) is 15.9. The average molecular weight is 394 g/mol. The number of aryl methyl sites for hydroxylation is 1. The van der Waals surface area contributed by atoms with E-state index in [1.165, 1.54) is 5.56 Å². The number of ether oxygens (including phenoxy) is 2. The van der Waals surface area contributed by atoms with Gasteiger partial charge in [0, 0.05) is 17.7 Å². The van der Waals surface area contributed by atoms with Crippen molar-refractivity contribution in [3.05, 3.63) is 54.1 Å². The lowest BCUT2D eigenvalue weighted by Gasteiger charge is -2.09. The number of aromatic nitrogens is 2. The predicted octanol–water partition coefficient (Wildman–Crippen LogP) is 4.91. The second kappa shape index (κ2) is 8.63. The standard InChI is InChI=1S/C22H22N2O3S/c1-2-4-15-6-8-16(9-7-15)20-23-24-21(28-20)17-10-12-18(13-11-17)27-22(25)19-5-3-14-26-19/h6-13,19H,2-5,14H2,1H3. The summed E-state index contributed by atoms with van der Waals surface area (Å²) in [6.45, 7) is 2.80. The Hall–Kier alpha value is -2.57. The topological polar surface area (TPSA) is 61.3 Å². The molecule has 0 spiro atoms. The first-order valence-corrected chi connectivity index (χ1v) is 10.4. The number of rotatable bonds is 6. The zero-order valence-corrected chi connectivity index (χ0v) is 16.6. The van der Waals surface area contributed by atoms with Gasteiger partial charge >= 0.3 is 5.97 Å². The van der Waals surface area contributed by atoms with Crippen molar-refractivity contribution in [2.75, 3.05) is 6.61 Å². The van der Waals surface area contributed by atoms with E-state index in [-0.39, 0.29) is 5.97 Å². The summed E-state index contributed by atoms with van der Waals surface area (Å²) in [4.78, 5) is 12.0. The first-order chi connectivity index (χ1) is 13.7. The minimum Gasteiger partial charge on any atom is -0.425 e. The number of nitrogens with zero attached hydrogens (tertiary/aromatic N) is 2. The lowest BCUT2D eigenvalue weighted by atomic mass is 10.1. The van der Waals surface area contributed by atoms with Crippen LogP contribution in [0.2, 0.25) is 0 Å². The van der Waals surface area contributed by atoms with Crippen LogP contribution < -0.4 is 4.74 Å². The number of carbonyl (C=O) groups excluding carboxylic acids is 1. The van der Waals surface area contributed by atoms with E-state index in [2.05, 4.69) is 41.4 Å². The lowest BCUT2D eigenvalue weighted by Crippen LogP contribution is -2.24. The van der Waals surface area contributed by atoms with Gasteiger partial charge < -0.3 is 9.47 Å². The van der Waals surface area contributed by atoms with Crippen molar-refractivity contribution in [3.63, 3.8) is 0 Å². The monoisotopic (exact) mass is 394 g/mol. The highest BCUT2D eigenvalue weighted by atomic mass is 32.1. The molecule has 0 radical (unpaired) electrons. The molecular formula is C22H22N2O3S. The van der Waals surface area contributed by atoms with Gasteiger partial charge in [0.1, 0.15) is 15.8 Å². The maximum atomic E-state index is 12.0. The molecule has 1 fully saturated rings. The number of esters is 1. The molecule has 3 aromatic rings. The maximum absolute atomic E-state index is 12.0. The first kappa shape index (κ1) is 18.8. The molecule has 2 heterocycles. The molecule has 6 heteroatoms. The molecule has 1 aliphatic rings. The molecule has 0 saturated carbocycles. The Balaban J connectivity index is 1.44. The minimum atomic E-state index is -0.436. The zero-order valence-electron chi connectivity index (χ0n) is 15.8. The van der Waals surface area contributed by atoms with Crippen LogP contribution in [0.15, 0.2) is 48.5 Å². The number of benzene rings is 2. The van der Waals surface area contributed by atoms with Crippen LogP contribution in [0, 0.1) is 0 Å². The summed E-state index contributed by atoms with van der Waals surface area (Å²) in [7, 11) is 0. The van der Waals surface area contributed by atoms with Crippen LogP contribution in [0.3, 0.4) is 0 Å². The quantitative estimate of drug-likeness (QED) is 0.439. The Kier molecular flexibility index (Phi) is 5.78. The Morgan fingerprint density at radius 2 is 1.71 bits per heavy atom. The molecule has 1 saturated heterocycles. The normalized spacial score (nSPS) is 16.2. The van der Waals surface area contributed by atoms with Gasteiger partial charge in [-0.25, -0.2) is 4.79 Å². The van der Waals surface area contributed by atoms with E-state index >= 15 is 0 Å². The van der Waals surface area contributed by atoms with Crippen LogP contribution in [0.5, 0.6) is 5.75 Å². The second-order valence-corrected chi connectivity index (χ2v) is 7.78. The van der Waals surface area contributed by atoms with E-state index in [4.69, 9.17) is 9.47 Å². The molecule has 144 valence electrons. The number of hydrogen-bond acceptors (Lipinski definition) is 6. The van der Waals surface area contributed by atoms with E-state index in [0.717, 1.165) is 46.8 Å². The molecule has 0 N–H and O–H groups in total. The average Bonchev–Trinajstić information content (AvgIpc) is 3.42. The molecule has 1 aromatic heterocycles. The van der Waals surface area contributed by atoms with Crippen molar-refractivity contribution in [3.8, 4) is 26.9 Å². The van der Waals surface area contributed by atoms with Gasteiger partial charge in [-0.15, -0.1) is 10.2 Å². The highest BCUT2D eigenvalue weighted by molar-refractivity contribution is 7.17. The fourth-order valence-corrected chi connectivity index (χ4v) is 4.02. The first-order valence-electron chi connectivity index (χ1n) is 9.59. The summed E-state index contributed by atoms with van der Waals surface area (Å²) >= 11 is 1.55. The SMILES string of the molecule is CCCc1ccc(-c2nnc(-c3ccc(OC(=O)C4CCCO4)cc3)s2)cc1. The third kappa shape index (κ3) is 4.29. The summed E-state index contributed by atoms with van der Waals surface area (Å²) in [5.41, 5.74) is 3.36. The van der Waals surface area contributed by atoms with Gasteiger partial charge in [0.25, 0.3) is 0 Å². The molecule has 28 heavy (non-hydrogen) atoms. The van der Waals surface area contributed by atoms with Crippen molar-refractivity contribution in [2.45, 2.75) is 38.7 Å². The minimum absolute atomic E-state index is 0.324. The van der Waals surface area contributed by atoms with E-state index in [1.807, 2.05) is 12.1 Å². The summed E-state index contributed by atoms with van der Waals surface area (Å²) in [6.07, 6.45) is 3.42. The fraction of sp³-hybridized carbons (Fsp3) is 0.318. The molecular weight excluding hydrogens is 372 g/mol. The van der Waals surface area contributed by atoms with Crippen molar-refractivity contribution >= 4 is 17.3 Å². The van der Waals surface area contributed by atoms with Gasteiger partial charge in [-0.2, -0.15) is 0 Å². The number of hydrogen-bond donors (Lipinski definition) is 0. The summed E-state index contributed by atoms with van der Waals surface area (Å²) in [5.74, 6) is 0.190. The molecule has 4 rings (SSSR count).